The Hall–Kier alpha value is -4.78. The number of aromatic amines is 2. The van der Waals surface area contributed by atoms with Crippen LogP contribution >= 0.6 is 0 Å². The molecule has 0 aliphatic carbocycles. The zero-order valence-electron chi connectivity index (χ0n) is 18.4. The summed E-state index contributed by atoms with van der Waals surface area (Å²) >= 11 is 0. The summed E-state index contributed by atoms with van der Waals surface area (Å²) in [7, 11) is 0. The van der Waals surface area contributed by atoms with Gasteiger partial charge in [-0.3, -0.25) is 9.78 Å². The van der Waals surface area contributed by atoms with Crippen molar-refractivity contribution in [1.29, 1.82) is 0 Å². The standard InChI is InChI=1S/C25H17N5.C2H4O2/c1-2-18-12-20-5-6-22(29-20)15-25-24(16-7-9-26-10-8-16)14-23(30-25)13-21-4-3-19(28-21)11-17(1)27-18;1-2(3)4/h1-15,27,30H;1H3,(H,3,4). The Morgan fingerprint density at radius 2 is 1.21 bits per heavy atom. The molecule has 34 heavy (non-hydrogen) atoms. The molecule has 0 unspecified atom stereocenters. The molecule has 0 radical (unpaired) electrons. The number of nitrogens with one attached hydrogen (secondary N) is 2. The molecule has 0 saturated heterocycles. The number of hydrogen-bond acceptors (Lipinski definition) is 4. The summed E-state index contributed by atoms with van der Waals surface area (Å²) in [5.41, 5.74) is 9.88. The van der Waals surface area contributed by atoms with Crippen LogP contribution in [-0.4, -0.2) is 36.0 Å². The number of nitrogens with zero attached hydrogens (tertiary/aromatic N) is 3. The number of aliphatic carboxylic acids is 1. The van der Waals surface area contributed by atoms with E-state index in [0.29, 0.717) is 0 Å². The minimum Gasteiger partial charge on any atom is -0.481 e. The minimum absolute atomic E-state index is 0.833. The predicted octanol–water partition coefficient (Wildman–Crippen LogP) is 5.81. The summed E-state index contributed by atoms with van der Waals surface area (Å²) in [6.45, 7) is 1.08. The van der Waals surface area contributed by atoms with E-state index in [-0.39, 0.29) is 0 Å². The average molecular weight is 447 g/mol. The van der Waals surface area contributed by atoms with Crippen LogP contribution in [0.5, 0.6) is 0 Å². The van der Waals surface area contributed by atoms with Crippen molar-refractivity contribution in [2.45, 2.75) is 6.92 Å². The molecule has 8 bridgehead atoms. The van der Waals surface area contributed by atoms with Crippen molar-refractivity contribution >= 4 is 52.3 Å². The molecule has 0 atom stereocenters. The summed E-state index contributed by atoms with van der Waals surface area (Å²) < 4.78 is 0. The number of carboxylic acids is 1. The molecule has 7 nitrogen and oxygen atoms in total. The number of hydrogen-bond donors (Lipinski definition) is 3. The number of pyridine rings is 1. The maximum Gasteiger partial charge on any atom is 0.300 e. The summed E-state index contributed by atoms with van der Waals surface area (Å²) in [6.07, 6.45) is 11.7. The molecular weight excluding hydrogens is 426 g/mol. The second kappa shape index (κ2) is 8.99. The fourth-order valence-electron chi connectivity index (χ4n) is 3.79. The average Bonchev–Trinajstić information content (AvgIpc) is 3.59. The first kappa shape index (κ1) is 21.1. The Morgan fingerprint density at radius 1 is 0.706 bits per heavy atom. The zero-order chi connectivity index (χ0) is 23.5. The van der Waals surface area contributed by atoms with Gasteiger partial charge in [0.1, 0.15) is 0 Å². The smallest absolute Gasteiger partial charge is 0.300 e. The van der Waals surface area contributed by atoms with E-state index in [2.05, 4.69) is 45.3 Å². The van der Waals surface area contributed by atoms with Crippen molar-refractivity contribution in [2.75, 3.05) is 0 Å². The van der Waals surface area contributed by atoms with E-state index in [9.17, 15) is 0 Å². The monoisotopic (exact) mass is 447 g/mol. The van der Waals surface area contributed by atoms with Gasteiger partial charge in [-0.15, -0.1) is 0 Å². The van der Waals surface area contributed by atoms with Gasteiger partial charge >= 0.3 is 0 Å². The molecule has 6 heterocycles. The van der Waals surface area contributed by atoms with Crippen LogP contribution < -0.4 is 0 Å². The Labute approximate surface area is 195 Å². The van der Waals surface area contributed by atoms with E-state index < -0.39 is 5.97 Å². The highest BCUT2D eigenvalue weighted by Crippen LogP contribution is 2.27. The lowest BCUT2D eigenvalue weighted by Crippen LogP contribution is -1.78. The molecule has 0 fully saturated rings. The number of H-pyrrole nitrogens is 2. The van der Waals surface area contributed by atoms with Gasteiger partial charge in [0.05, 0.1) is 22.8 Å². The number of carboxylic acid groups (broad SMARTS) is 1. The Morgan fingerprint density at radius 3 is 1.76 bits per heavy atom. The summed E-state index contributed by atoms with van der Waals surface area (Å²) in [6, 6.07) is 18.5. The van der Waals surface area contributed by atoms with Gasteiger partial charge in [0.15, 0.2) is 0 Å². The highest BCUT2D eigenvalue weighted by molar-refractivity contribution is 5.87. The van der Waals surface area contributed by atoms with Crippen LogP contribution in [0, 0.1) is 0 Å². The molecule has 0 spiro atoms. The Balaban J connectivity index is 0.000000560. The van der Waals surface area contributed by atoms with Crippen LogP contribution in [-0.2, 0) is 4.79 Å². The first-order chi connectivity index (χ1) is 16.5. The van der Waals surface area contributed by atoms with Gasteiger partial charge < -0.3 is 15.1 Å². The molecule has 3 N–H and O–H groups in total. The molecular formula is C27H21N5O2. The Kier molecular flexibility index (Phi) is 5.58. The van der Waals surface area contributed by atoms with Crippen molar-refractivity contribution in [3.8, 4) is 11.1 Å². The van der Waals surface area contributed by atoms with E-state index in [1.54, 1.807) is 0 Å². The fourth-order valence-corrected chi connectivity index (χ4v) is 3.79. The third-order valence-corrected chi connectivity index (χ3v) is 5.16. The topological polar surface area (TPSA) is 108 Å². The van der Waals surface area contributed by atoms with Crippen molar-refractivity contribution in [3.05, 3.63) is 89.8 Å². The van der Waals surface area contributed by atoms with Gasteiger partial charge in [0.25, 0.3) is 5.97 Å². The number of rotatable bonds is 1. The lowest BCUT2D eigenvalue weighted by Gasteiger charge is -1.97. The summed E-state index contributed by atoms with van der Waals surface area (Å²) in [5, 5.41) is 7.42. The molecule has 7 heteroatoms. The van der Waals surface area contributed by atoms with Crippen LogP contribution in [0.2, 0.25) is 0 Å². The SMILES string of the molecule is C1=Cc2cc3cc(-c4ccncc4)c(cc4nc(cc5ccc(cc1n2)[nH]5)C=C4)[nH]3.CC(=O)O. The zero-order valence-corrected chi connectivity index (χ0v) is 18.4. The molecule has 0 aromatic carbocycles. The fraction of sp³-hybridized carbons (Fsp3) is 0.0370. The Bertz CT molecular complexity index is 1590. The normalized spacial score (nSPS) is 11.7. The van der Waals surface area contributed by atoms with E-state index in [4.69, 9.17) is 19.9 Å². The van der Waals surface area contributed by atoms with Gasteiger partial charge in [-0.25, -0.2) is 9.97 Å². The quantitative estimate of drug-likeness (QED) is 0.295. The first-order valence-corrected chi connectivity index (χ1v) is 10.7. The molecule has 2 aliphatic heterocycles. The maximum absolute atomic E-state index is 9.00. The molecule has 0 saturated carbocycles. The third-order valence-electron chi connectivity index (χ3n) is 5.16. The lowest BCUT2D eigenvalue weighted by atomic mass is 10.1. The van der Waals surface area contributed by atoms with Crippen molar-refractivity contribution < 1.29 is 9.90 Å². The number of carbonyl (C=O) groups is 1. The second-order valence-electron chi connectivity index (χ2n) is 7.84. The van der Waals surface area contributed by atoms with Crippen LogP contribution in [0.1, 0.15) is 29.7 Å². The summed E-state index contributed by atoms with van der Waals surface area (Å²) in [4.78, 5) is 29.6. The largest absolute Gasteiger partial charge is 0.481 e. The number of aromatic nitrogens is 5. The van der Waals surface area contributed by atoms with E-state index >= 15 is 0 Å². The van der Waals surface area contributed by atoms with Crippen molar-refractivity contribution in [1.82, 2.24) is 24.9 Å². The van der Waals surface area contributed by atoms with Crippen LogP contribution in [0.25, 0.3) is 57.5 Å². The van der Waals surface area contributed by atoms with Gasteiger partial charge in [0, 0.05) is 46.9 Å². The molecule has 4 aromatic heterocycles. The molecule has 6 rings (SSSR count). The van der Waals surface area contributed by atoms with E-state index in [1.165, 1.54) is 0 Å². The molecule has 166 valence electrons. The van der Waals surface area contributed by atoms with Gasteiger partial charge in [-0.05, 0) is 84.5 Å². The first-order valence-electron chi connectivity index (χ1n) is 10.7. The van der Waals surface area contributed by atoms with Gasteiger partial charge in [-0.1, -0.05) is 0 Å². The summed E-state index contributed by atoms with van der Waals surface area (Å²) in [5.74, 6) is -0.833. The maximum atomic E-state index is 9.00. The minimum atomic E-state index is -0.833. The highest BCUT2D eigenvalue weighted by atomic mass is 16.4. The van der Waals surface area contributed by atoms with Crippen LogP contribution in [0.15, 0.2) is 67.0 Å². The molecule has 0 amide bonds. The van der Waals surface area contributed by atoms with E-state index in [0.717, 1.165) is 62.9 Å². The van der Waals surface area contributed by atoms with Crippen LogP contribution in [0.3, 0.4) is 0 Å². The number of fused-ring (bicyclic) bond motifs is 8. The highest BCUT2D eigenvalue weighted by Gasteiger charge is 2.07. The van der Waals surface area contributed by atoms with Gasteiger partial charge in [0.2, 0.25) is 0 Å². The molecule has 2 aliphatic rings. The van der Waals surface area contributed by atoms with Gasteiger partial charge in [-0.2, -0.15) is 0 Å². The second-order valence-corrected chi connectivity index (χ2v) is 7.84. The lowest BCUT2D eigenvalue weighted by molar-refractivity contribution is -0.134. The van der Waals surface area contributed by atoms with Crippen molar-refractivity contribution in [2.24, 2.45) is 0 Å². The third kappa shape index (κ3) is 4.83. The predicted molar refractivity (Wildman–Crippen MR) is 135 cm³/mol. The van der Waals surface area contributed by atoms with Crippen molar-refractivity contribution in [3.63, 3.8) is 0 Å². The van der Waals surface area contributed by atoms with E-state index in [1.807, 2.05) is 61.0 Å². The molecule has 4 aromatic rings. The van der Waals surface area contributed by atoms with Crippen LogP contribution in [0.4, 0.5) is 0 Å².